The van der Waals surface area contributed by atoms with Crippen LogP contribution in [-0.4, -0.2) is 37.1 Å². The summed E-state index contributed by atoms with van der Waals surface area (Å²) >= 11 is 5.93. The van der Waals surface area contributed by atoms with Gasteiger partial charge < -0.3 is 4.98 Å². The molecule has 0 bridgehead atoms. The Morgan fingerprint density at radius 1 is 1.33 bits per heavy atom. The number of carbonyl (C=O) groups is 1. The lowest BCUT2D eigenvalue weighted by Crippen LogP contribution is -2.23. The van der Waals surface area contributed by atoms with Gasteiger partial charge >= 0.3 is 0 Å². The molecule has 2 N–H and O–H groups in total. The highest BCUT2D eigenvalue weighted by molar-refractivity contribution is 8.01. The third-order valence-electron chi connectivity index (χ3n) is 4.67. The molecule has 158 valence electrons. The molecule has 0 spiro atoms. The molecule has 11 heteroatoms. The number of aromatic nitrogens is 4. The summed E-state index contributed by atoms with van der Waals surface area (Å²) in [6.45, 7) is 5.50. The van der Waals surface area contributed by atoms with Gasteiger partial charge in [-0.05, 0) is 38.2 Å². The largest absolute Gasteiger partial charge is 0.309 e. The van der Waals surface area contributed by atoms with Crippen LogP contribution in [-0.2, 0) is 23.4 Å². The molecule has 0 unspecified atom stereocenters. The molecule has 0 aliphatic heterocycles. The summed E-state index contributed by atoms with van der Waals surface area (Å²) in [5.41, 5.74) is 1.12. The fourth-order valence-electron chi connectivity index (χ4n) is 3.21. The van der Waals surface area contributed by atoms with Gasteiger partial charge in [-0.2, -0.15) is 0 Å². The van der Waals surface area contributed by atoms with Crippen LogP contribution in [0.2, 0.25) is 0 Å². The van der Waals surface area contributed by atoms with Gasteiger partial charge in [-0.1, -0.05) is 29.2 Å². The number of H-pyrrole nitrogens is 1. The van der Waals surface area contributed by atoms with Crippen LogP contribution in [0.1, 0.15) is 36.0 Å². The molecule has 3 aromatic rings. The molecule has 1 amide bonds. The maximum absolute atomic E-state index is 12.6. The first-order chi connectivity index (χ1) is 14.5. The quantitative estimate of drug-likeness (QED) is 0.283. The van der Waals surface area contributed by atoms with Crippen LogP contribution in [0, 0.1) is 0 Å². The first-order valence-electron chi connectivity index (χ1n) is 9.58. The van der Waals surface area contributed by atoms with E-state index in [4.69, 9.17) is 0 Å². The summed E-state index contributed by atoms with van der Waals surface area (Å²) in [5.74, 6) is 1.66. The van der Waals surface area contributed by atoms with Crippen LogP contribution >= 0.6 is 46.2 Å². The maximum Gasteiger partial charge on any atom is 0.259 e. The monoisotopic (exact) mass is 479 g/mol. The first-order valence-corrected chi connectivity index (χ1v) is 13.2. The first kappa shape index (κ1) is 21.5. The highest BCUT2D eigenvalue weighted by atomic mass is 32.2. The molecular weight excluding hydrogens is 459 g/mol. The van der Waals surface area contributed by atoms with Crippen molar-refractivity contribution in [1.82, 2.24) is 20.2 Å². The van der Waals surface area contributed by atoms with E-state index in [1.54, 1.807) is 17.4 Å². The standard InChI is InChI=1S/C19H21N5O2S4/c1-3-8-27-19-24-23-18(30-19)22-15(25)10(2)28-9-13-20-16(26)14-11-6-4-5-7-12(11)29-17(14)21-13/h3,10H,1,4-9H2,2H3,(H,20,21,26)(H,22,23,25)/t10-/m1/s1. The molecule has 0 aromatic carbocycles. The number of amides is 1. The van der Waals surface area contributed by atoms with Crippen molar-refractivity contribution in [2.75, 3.05) is 11.1 Å². The number of aromatic amines is 1. The Bertz CT molecular complexity index is 1140. The molecule has 0 radical (unpaired) electrons. The molecule has 1 aliphatic carbocycles. The van der Waals surface area contributed by atoms with Gasteiger partial charge in [0.05, 0.1) is 16.4 Å². The normalized spacial score (nSPS) is 14.4. The van der Waals surface area contributed by atoms with Gasteiger partial charge in [0.2, 0.25) is 11.0 Å². The number of anilines is 1. The van der Waals surface area contributed by atoms with Crippen LogP contribution in [0.3, 0.4) is 0 Å². The Balaban J connectivity index is 1.38. The Morgan fingerprint density at radius 3 is 3.00 bits per heavy atom. The van der Waals surface area contributed by atoms with Crippen molar-refractivity contribution >= 4 is 67.5 Å². The van der Waals surface area contributed by atoms with E-state index in [0.29, 0.717) is 16.7 Å². The van der Waals surface area contributed by atoms with E-state index in [2.05, 4.69) is 32.1 Å². The van der Waals surface area contributed by atoms with E-state index < -0.39 is 0 Å². The van der Waals surface area contributed by atoms with Crippen molar-refractivity contribution in [1.29, 1.82) is 0 Å². The zero-order valence-electron chi connectivity index (χ0n) is 16.4. The number of thioether (sulfide) groups is 2. The fraction of sp³-hybridized carbons (Fsp3) is 0.421. The molecule has 7 nitrogen and oxygen atoms in total. The highest BCUT2D eigenvalue weighted by Gasteiger charge is 2.21. The topological polar surface area (TPSA) is 101 Å². The Labute approximate surface area is 190 Å². The molecule has 0 fully saturated rings. The predicted molar refractivity (Wildman–Crippen MR) is 127 cm³/mol. The SMILES string of the molecule is C=CCSc1nnc(NC(=O)[C@@H](C)SCc2nc3sc4c(c3c(=O)[nH]2)CCCC4)s1. The number of rotatable bonds is 8. The number of nitrogens with one attached hydrogen (secondary N) is 2. The highest BCUT2D eigenvalue weighted by Crippen LogP contribution is 2.33. The van der Waals surface area contributed by atoms with Crippen molar-refractivity contribution in [3.8, 4) is 0 Å². The van der Waals surface area contributed by atoms with Crippen LogP contribution in [0.5, 0.6) is 0 Å². The second kappa shape index (κ2) is 9.63. The lowest BCUT2D eigenvalue weighted by molar-refractivity contribution is -0.115. The van der Waals surface area contributed by atoms with Gasteiger partial charge in [0.25, 0.3) is 5.56 Å². The molecule has 3 heterocycles. The minimum atomic E-state index is -0.323. The molecule has 30 heavy (non-hydrogen) atoms. The van der Waals surface area contributed by atoms with Gasteiger partial charge in [-0.25, -0.2) is 4.98 Å². The smallest absolute Gasteiger partial charge is 0.259 e. The van der Waals surface area contributed by atoms with Crippen molar-refractivity contribution in [2.24, 2.45) is 0 Å². The Kier molecular flexibility index (Phi) is 6.91. The molecule has 4 rings (SSSR count). The van der Waals surface area contributed by atoms with E-state index in [1.165, 1.54) is 51.7 Å². The van der Waals surface area contributed by atoms with Crippen molar-refractivity contribution < 1.29 is 4.79 Å². The van der Waals surface area contributed by atoms with Gasteiger partial charge in [0.15, 0.2) is 4.34 Å². The molecular formula is C19H21N5O2S4. The number of fused-ring (bicyclic) bond motifs is 3. The predicted octanol–water partition coefficient (Wildman–Crippen LogP) is 4.25. The number of aryl methyl sites for hydroxylation is 2. The third kappa shape index (κ3) is 4.79. The Hall–Kier alpha value is -1.69. The molecule has 0 saturated heterocycles. The number of carbonyl (C=O) groups excluding carboxylic acids is 1. The number of hydrogen-bond acceptors (Lipinski definition) is 9. The van der Waals surface area contributed by atoms with Crippen molar-refractivity contribution in [2.45, 2.75) is 47.9 Å². The number of nitrogens with zero attached hydrogens (tertiary/aromatic N) is 3. The van der Waals surface area contributed by atoms with Gasteiger partial charge in [0, 0.05) is 10.6 Å². The average Bonchev–Trinajstić information content (AvgIpc) is 3.34. The Morgan fingerprint density at radius 2 is 2.17 bits per heavy atom. The molecule has 1 atom stereocenters. The summed E-state index contributed by atoms with van der Waals surface area (Å²) in [7, 11) is 0. The molecule has 3 aromatic heterocycles. The summed E-state index contributed by atoms with van der Waals surface area (Å²) < 4.78 is 0.791. The molecule has 0 saturated carbocycles. The summed E-state index contributed by atoms with van der Waals surface area (Å²) in [6, 6.07) is 0. The minimum absolute atomic E-state index is 0.0643. The minimum Gasteiger partial charge on any atom is -0.309 e. The van der Waals surface area contributed by atoms with E-state index in [9.17, 15) is 9.59 Å². The average molecular weight is 480 g/mol. The zero-order chi connectivity index (χ0) is 21.1. The summed E-state index contributed by atoms with van der Waals surface area (Å²) in [6.07, 6.45) is 6.10. The third-order valence-corrected chi connectivity index (χ3v) is 8.98. The van der Waals surface area contributed by atoms with Gasteiger partial charge in [0.1, 0.15) is 10.7 Å². The number of thiophene rings is 1. The van der Waals surface area contributed by atoms with E-state index in [0.717, 1.165) is 39.6 Å². The van der Waals surface area contributed by atoms with Crippen LogP contribution in [0.25, 0.3) is 10.2 Å². The maximum atomic E-state index is 12.6. The summed E-state index contributed by atoms with van der Waals surface area (Å²) in [4.78, 5) is 34.8. The molecule has 1 aliphatic rings. The lowest BCUT2D eigenvalue weighted by atomic mass is 9.97. The second-order valence-electron chi connectivity index (χ2n) is 6.82. The van der Waals surface area contributed by atoms with Crippen molar-refractivity contribution in [3.63, 3.8) is 0 Å². The lowest BCUT2D eigenvalue weighted by Gasteiger charge is -2.10. The van der Waals surface area contributed by atoms with Crippen LogP contribution in [0.4, 0.5) is 5.13 Å². The van der Waals surface area contributed by atoms with Crippen LogP contribution in [0.15, 0.2) is 21.8 Å². The van der Waals surface area contributed by atoms with Gasteiger partial charge in [-0.3, -0.25) is 14.9 Å². The second-order valence-corrected chi connectivity index (χ2v) is 11.5. The van der Waals surface area contributed by atoms with Gasteiger partial charge in [-0.15, -0.1) is 39.9 Å². The van der Waals surface area contributed by atoms with E-state index >= 15 is 0 Å². The zero-order valence-corrected chi connectivity index (χ0v) is 19.7. The fourth-order valence-corrected chi connectivity index (χ4v) is 6.76. The summed E-state index contributed by atoms with van der Waals surface area (Å²) in [5, 5.41) is 11.8. The van der Waals surface area contributed by atoms with Crippen LogP contribution < -0.4 is 10.9 Å². The number of hydrogen-bond donors (Lipinski definition) is 2. The van der Waals surface area contributed by atoms with Crippen molar-refractivity contribution in [3.05, 3.63) is 39.3 Å². The van der Waals surface area contributed by atoms with E-state index in [-0.39, 0.29) is 16.7 Å². The van der Waals surface area contributed by atoms with E-state index in [1.807, 2.05) is 6.92 Å².